The normalized spacial score (nSPS) is 13.9. The summed E-state index contributed by atoms with van der Waals surface area (Å²) < 4.78 is 0. The molecule has 0 unspecified atom stereocenters. The predicted octanol–water partition coefficient (Wildman–Crippen LogP) is 1.40. The zero-order valence-electron chi connectivity index (χ0n) is 8.95. The summed E-state index contributed by atoms with van der Waals surface area (Å²) >= 11 is 0. The summed E-state index contributed by atoms with van der Waals surface area (Å²) in [6, 6.07) is 11.4. The monoisotopic (exact) mass is 229 g/mol. The zero-order valence-corrected chi connectivity index (χ0v) is 8.95. The molecule has 17 heavy (non-hydrogen) atoms. The van der Waals surface area contributed by atoms with E-state index in [4.69, 9.17) is 0 Å². The molecule has 0 saturated carbocycles. The number of carboxylic acids is 1. The molecule has 4 nitrogen and oxygen atoms in total. The highest BCUT2D eigenvalue weighted by Crippen LogP contribution is 2.29. The summed E-state index contributed by atoms with van der Waals surface area (Å²) in [5, 5.41) is 19.7. The van der Waals surface area contributed by atoms with Gasteiger partial charge in [-0.2, -0.15) is 0 Å². The van der Waals surface area contributed by atoms with Crippen molar-refractivity contribution in [3.05, 3.63) is 66.0 Å². The third-order valence-electron chi connectivity index (χ3n) is 2.58. The average Bonchev–Trinajstić information content (AvgIpc) is 2.39. The third kappa shape index (κ3) is 1.90. The van der Waals surface area contributed by atoms with Crippen LogP contribution < -0.4 is 0 Å². The van der Waals surface area contributed by atoms with Gasteiger partial charge in [0.15, 0.2) is 0 Å². The van der Waals surface area contributed by atoms with Gasteiger partial charge in [-0.1, -0.05) is 36.4 Å². The van der Waals surface area contributed by atoms with Crippen molar-refractivity contribution < 1.29 is 15.0 Å². The highest BCUT2D eigenvalue weighted by atomic mass is 16.4. The molecule has 2 N–H and O–H groups in total. The van der Waals surface area contributed by atoms with Crippen LogP contribution >= 0.6 is 0 Å². The topological polar surface area (TPSA) is 70.4 Å². The lowest BCUT2D eigenvalue weighted by atomic mass is 9.87. The lowest BCUT2D eigenvalue weighted by molar-refractivity contribution is -0.155. The van der Waals surface area contributed by atoms with E-state index in [1.54, 1.807) is 36.4 Å². The first-order valence-corrected chi connectivity index (χ1v) is 5.07. The SMILES string of the molecule is O=C(O)[C@@](O)(c1ccccc1)c1cccnc1. The molecular formula is C13H11NO3. The molecule has 2 rings (SSSR count). The molecule has 86 valence electrons. The van der Waals surface area contributed by atoms with Crippen LogP contribution in [0.25, 0.3) is 0 Å². The molecule has 0 spiro atoms. The number of rotatable bonds is 3. The third-order valence-corrected chi connectivity index (χ3v) is 2.58. The van der Waals surface area contributed by atoms with E-state index >= 15 is 0 Å². The Balaban J connectivity index is 2.59. The molecule has 0 bridgehead atoms. The van der Waals surface area contributed by atoms with Gasteiger partial charge >= 0.3 is 5.97 Å². The van der Waals surface area contributed by atoms with Gasteiger partial charge in [-0.15, -0.1) is 0 Å². The average molecular weight is 229 g/mol. The van der Waals surface area contributed by atoms with Crippen molar-refractivity contribution in [2.75, 3.05) is 0 Å². The summed E-state index contributed by atoms with van der Waals surface area (Å²) in [7, 11) is 0. The number of pyridine rings is 1. The number of hydrogen-bond acceptors (Lipinski definition) is 3. The number of carboxylic acid groups (broad SMARTS) is 1. The van der Waals surface area contributed by atoms with Gasteiger partial charge in [0.2, 0.25) is 5.60 Å². The number of aliphatic carboxylic acids is 1. The lowest BCUT2D eigenvalue weighted by Gasteiger charge is -2.23. The predicted molar refractivity (Wildman–Crippen MR) is 61.3 cm³/mol. The van der Waals surface area contributed by atoms with Crippen LogP contribution in [0.15, 0.2) is 54.9 Å². The maximum absolute atomic E-state index is 11.3. The molecule has 0 aliphatic heterocycles. The van der Waals surface area contributed by atoms with Gasteiger partial charge in [-0.05, 0) is 11.6 Å². The number of nitrogens with zero attached hydrogens (tertiary/aromatic N) is 1. The van der Waals surface area contributed by atoms with Gasteiger partial charge in [0, 0.05) is 18.0 Å². The molecule has 0 aliphatic rings. The maximum atomic E-state index is 11.3. The van der Waals surface area contributed by atoms with E-state index in [2.05, 4.69) is 4.98 Å². The molecule has 1 heterocycles. The van der Waals surface area contributed by atoms with E-state index in [1.807, 2.05) is 0 Å². The summed E-state index contributed by atoms with van der Waals surface area (Å²) in [5.41, 5.74) is -1.52. The van der Waals surface area contributed by atoms with E-state index in [-0.39, 0.29) is 5.56 Å². The summed E-state index contributed by atoms with van der Waals surface area (Å²) in [5.74, 6) is -1.32. The first-order chi connectivity index (χ1) is 8.15. The lowest BCUT2D eigenvalue weighted by Crippen LogP contribution is -2.36. The Labute approximate surface area is 98.2 Å². The highest BCUT2D eigenvalue weighted by molar-refractivity contribution is 5.83. The van der Waals surface area contributed by atoms with Gasteiger partial charge in [0.05, 0.1) is 0 Å². The fourth-order valence-electron chi connectivity index (χ4n) is 1.67. The first kappa shape index (κ1) is 11.3. The van der Waals surface area contributed by atoms with Crippen molar-refractivity contribution in [3.63, 3.8) is 0 Å². The van der Waals surface area contributed by atoms with Crippen LogP contribution in [0.1, 0.15) is 11.1 Å². The quantitative estimate of drug-likeness (QED) is 0.834. The Morgan fingerprint density at radius 3 is 2.24 bits per heavy atom. The highest BCUT2D eigenvalue weighted by Gasteiger charge is 2.40. The minimum atomic E-state index is -2.06. The second-order valence-corrected chi connectivity index (χ2v) is 3.62. The van der Waals surface area contributed by atoms with Crippen LogP contribution in [0.2, 0.25) is 0 Å². The Bertz CT molecular complexity index is 471. The Kier molecular flexibility index (Phi) is 2.89. The molecule has 1 atom stereocenters. The van der Waals surface area contributed by atoms with E-state index in [9.17, 15) is 15.0 Å². The second-order valence-electron chi connectivity index (χ2n) is 3.62. The van der Waals surface area contributed by atoms with Crippen LogP contribution in [0.3, 0.4) is 0 Å². The fraction of sp³-hybridized carbons (Fsp3) is 0.0769. The summed E-state index contributed by atoms with van der Waals surface area (Å²) in [6.07, 6.45) is 2.87. The van der Waals surface area contributed by atoms with Gasteiger partial charge in [-0.25, -0.2) is 4.79 Å². The van der Waals surface area contributed by atoms with Crippen molar-refractivity contribution in [3.8, 4) is 0 Å². The number of aromatic nitrogens is 1. The van der Waals surface area contributed by atoms with E-state index in [0.29, 0.717) is 5.56 Å². The van der Waals surface area contributed by atoms with Gasteiger partial charge in [-0.3, -0.25) is 4.98 Å². The molecule has 1 aromatic heterocycles. The number of benzene rings is 1. The molecule has 0 radical (unpaired) electrons. The van der Waals surface area contributed by atoms with Crippen molar-refractivity contribution >= 4 is 5.97 Å². The number of aliphatic hydroxyl groups is 1. The van der Waals surface area contributed by atoms with Crippen LogP contribution in [0.5, 0.6) is 0 Å². The molecular weight excluding hydrogens is 218 g/mol. The smallest absolute Gasteiger partial charge is 0.345 e. The van der Waals surface area contributed by atoms with Crippen molar-refractivity contribution in [2.45, 2.75) is 5.60 Å². The Hall–Kier alpha value is -2.20. The number of hydrogen-bond donors (Lipinski definition) is 2. The summed E-state index contributed by atoms with van der Waals surface area (Å²) in [6.45, 7) is 0. The summed E-state index contributed by atoms with van der Waals surface area (Å²) in [4.78, 5) is 15.2. The van der Waals surface area contributed by atoms with Gasteiger partial charge in [0.25, 0.3) is 0 Å². The van der Waals surface area contributed by atoms with Crippen LogP contribution in [-0.4, -0.2) is 21.2 Å². The largest absolute Gasteiger partial charge is 0.479 e. The van der Waals surface area contributed by atoms with Gasteiger partial charge < -0.3 is 10.2 Å². The molecule has 2 aromatic rings. The van der Waals surface area contributed by atoms with Gasteiger partial charge in [0.1, 0.15) is 0 Å². The fourth-order valence-corrected chi connectivity index (χ4v) is 1.67. The molecule has 4 heteroatoms. The minimum Gasteiger partial charge on any atom is -0.479 e. The molecule has 1 aromatic carbocycles. The van der Waals surface area contributed by atoms with Crippen molar-refractivity contribution in [2.24, 2.45) is 0 Å². The van der Waals surface area contributed by atoms with E-state index in [0.717, 1.165) is 0 Å². The molecule has 0 aliphatic carbocycles. The zero-order chi connectivity index (χ0) is 12.3. The Morgan fingerprint density at radius 1 is 1.06 bits per heavy atom. The van der Waals surface area contributed by atoms with Crippen molar-refractivity contribution in [1.29, 1.82) is 0 Å². The molecule has 0 fully saturated rings. The maximum Gasteiger partial charge on any atom is 0.345 e. The first-order valence-electron chi connectivity index (χ1n) is 5.07. The van der Waals surface area contributed by atoms with E-state index < -0.39 is 11.6 Å². The standard InChI is InChI=1S/C13H11NO3/c15-12(16)13(17,10-5-2-1-3-6-10)11-7-4-8-14-9-11/h1-9,17H,(H,15,16)/t13-/m1/s1. The van der Waals surface area contributed by atoms with E-state index in [1.165, 1.54) is 18.5 Å². The number of carbonyl (C=O) groups is 1. The Morgan fingerprint density at radius 2 is 1.71 bits per heavy atom. The molecule has 0 saturated heterocycles. The van der Waals surface area contributed by atoms with Crippen molar-refractivity contribution in [1.82, 2.24) is 4.98 Å². The van der Waals surface area contributed by atoms with Crippen LogP contribution in [-0.2, 0) is 10.4 Å². The minimum absolute atomic E-state index is 0.235. The van der Waals surface area contributed by atoms with Crippen LogP contribution in [0.4, 0.5) is 0 Å². The van der Waals surface area contributed by atoms with Crippen LogP contribution in [0, 0.1) is 0 Å². The second kappa shape index (κ2) is 4.35. The molecule has 0 amide bonds.